The maximum atomic E-state index is 14.1. The number of thioether (sulfide) groups is 1. The lowest BCUT2D eigenvalue weighted by molar-refractivity contribution is -0.137. The number of amides is 1. The Morgan fingerprint density at radius 2 is 2.03 bits per heavy atom. The van der Waals surface area contributed by atoms with Crippen LogP contribution in [0, 0.1) is 17.6 Å². The summed E-state index contributed by atoms with van der Waals surface area (Å²) in [5.41, 5.74) is 0.170. The van der Waals surface area contributed by atoms with Gasteiger partial charge in [0.1, 0.15) is 6.04 Å². The Kier molecular flexibility index (Phi) is 9.36. The monoisotopic (exact) mass is 472 g/mol. The molecule has 1 aromatic rings. The summed E-state index contributed by atoms with van der Waals surface area (Å²) in [7, 11) is 1.24. The number of rotatable bonds is 9. The van der Waals surface area contributed by atoms with Gasteiger partial charge in [0.2, 0.25) is 11.0 Å². The number of carbonyl (C=O) groups is 3. The molecule has 0 radical (unpaired) electrons. The van der Waals surface area contributed by atoms with Crippen molar-refractivity contribution in [3.63, 3.8) is 0 Å². The number of likely N-dealkylation sites (tertiary alicyclic amines) is 1. The summed E-state index contributed by atoms with van der Waals surface area (Å²) < 4.78 is 32.1. The summed E-state index contributed by atoms with van der Waals surface area (Å²) in [5, 5.41) is 2.41. The van der Waals surface area contributed by atoms with E-state index in [4.69, 9.17) is 12.2 Å². The maximum absolute atomic E-state index is 14.1. The molecule has 0 spiro atoms. The summed E-state index contributed by atoms with van der Waals surface area (Å²) in [5.74, 6) is -3.02. The Morgan fingerprint density at radius 1 is 1.32 bits per heavy atom. The predicted molar refractivity (Wildman–Crippen MR) is 118 cm³/mol. The highest BCUT2D eigenvalue weighted by Crippen LogP contribution is 2.26. The van der Waals surface area contributed by atoms with Crippen LogP contribution in [-0.4, -0.2) is 51.8 Å². The number of hydrogen-bond acceptors (Lipinski definition) is 6. The number of thiocarbonyl (C=S) groups is 1. The lowest BCUT2D eigenvalue weighted by Crippen LogP contribution is -2.45. The molecule has 6 nitrogen and oxygen atoms in total. The van der Waals surface area contributed by atoms with Gasteiger partial charge in [0.05, 0.1) is 17.9 Å². The van der Waals surface area contributed by atoms with Crippen molar-refractivity contribution < 1.29 is 27.9 Å². The Hall–Kier alpha value is -2.07. The first-order valence-electron chi connectivity index (χ1n) is 9.89. The van der Waals surface area contributed by atoms with E-state index in [1.165, 1.54) is 19.2 Å². The van der Waals surface area contributed by atoms with Crippen LogP contribution in [-0.2, 0) is 25.7 Å². The van der Waals surface area contributed by atoms with E-state index in [0.717, 1.165) is 17.8 Å². The second-order valence-electron chi connectivity index (χ2n) is 7.60. The molecule has 1 aliphatic heterocycles. The first-order valence-corrected chi connectivity index (χ1v) is 11.3. The lowest BCUT2D eigenvalue weighted by Gasteiger charge is -2.28. The molecule has 1 N–H and O–H groups in total. The summed E-state index contributed by atoms with van der Waals surface area (Å²) in [6.07, 6.45) is 1.25. The molecule has 0 bridgehead atoms. The number of hydrogen-bond donors (Lipinski definition) is 1. The summed E-state index contributed by atoms with van der Waals surface area (Å²) >= 11 is 6.16. The summed E-state index contributed by atoms with van der Waals surface area (Å²) in [4.78, 5) is 38.7. The van der Waals surface area contributed by atoms with Gasteiger partial charge in [0.25, 0.3) is 0 Å². The van der Waals surface area contributed by atoms with Gasteiger partial charge in [-0.05, 0) is 24.8 Å². The average Bonchev–Trinajstić information content (AvgIpc) is 3.06. The number of benzene rings is 1. The Balaban J connectivity index is 2.01. The molecule has 0 unspecified atom stereocenters. The number of carbonyl (C=O) groups excluding carboxylic acids is 3. The van der Waals surface area contributed by atoms with E-state index in [-0.39, 0.29) is 47.3 Å². The molecule has 1 heterocycles. The fourth-order valence-electron chi connectivity index (χ4n) is 3.30. The number of nitrogens with one attached hydrogen (secondary N) is 1. The van der Waals surface area contributed by atoms with Crippen LogP contribution in [0.1, 0.15) is 38.7 Å². The number of methoxy groups -OCH3 is 1. The Bertz CT molecular complexity index is 851. The van der Waals surface area contributed by atoms with E-state index in [0.29, 0.717) is 17.8 Å². The van der Waals surface area contributed by atoms with Crippen molar-refractivity contribution in [2.24, 2.45) is 5.92 Å². The van der Waals surface area contributed by atoms with Crippen molar-refractivity contribution in [2.45, 2.75) is 51.7 Å². The van der Waals surface area contributed by atoms with Crippen LogP contribution in [0.25, 0.3) is 0 Å². The maximum Gasteiger partial charge on any atom is 0.316 e. The second-order valence-corrected chi connectivity index (χ2v) is 9.06. The zero-order valence-electron chi connectivity index (χ0n) is 17.7. The van der Waals surface area contributed by atoms with Crippen LogP contribution in [0.2, 0.25) is 0 Å². The smallest absolute Gasteiger partial charge is 0.316 e. The number of nitrogens with zero attached hydrogens (tertiary/aromatic N) is 1. The van der Waals surface area contributed by atoms with Crippen LogP contribution in [0.4, 0.5) is 8.78 Å². The van der Waals surface area contributed by atoms with Gasteiger partial charge in [0.15, 0.2) is 11.6 Å². The van der Waals surface area contributed by atoms with Gasteiger partial charge in [-0.1, -0.05) is 50.0 Å². The van der Waals surface area contributed by atoms with Crippen LogP contribution in [0.5, 0.6) is 0 Å². The van der Waals surface area contributed by atoms with Crippen LogP contribution in [0.3, 0.4) is 0 Å². The molecule has 2 rings (SSSR count). The van der Waals surface area contributed by atoms with E-state index in [2.05, 4.69) is 10.1 Å². The highest BCUT2D eigenvalue weighted by atomic mass is 32.2. The first kappa shape index (κ1) is 25.2. The molecule has 1 aliphatic rings. The molecule has 1 aromatic carbocycles. The zero-order chi connectivity index (χ0) is 23.1. The van der Waals surface area contributed by atoms with Crippen molar-refractivity contribution in [2.75, 3.05) is 12.9 Å². The van der Waals surface area contributed by atoms with Gasteiger partial charge >= 0.3 is 5.97 Å². The van der Waals surface area contributed by atoms with Gasteiger partial charge < -0.3 is 15.0 Å². The van der Waals surface area contributed by atoms with E-state index >= 15 is 0 Å². The molecule has 170 valence electrons. The first-order chi connectivity index (χ1) is 14.6. The molecule has 10 heteroatoms. The third kappa shape index (κ3) is 6.96. The number of ether oxygens (including phenoxy) is 1. The van der Waals surface area contributed by atoms with Crippen molar-refractivity contribution >= 4 is 46.0 Å². The minimum atomic E-state index is -0.931. The quantitative estimate of drug-likeness (QED) is 0.437. The van der Waals surface area contributed by atoms with Crippen molar-refractivity contribution in [1.29, 1.82) is 0 Å². The van der Waals surface area contributed by atoms with Gasteiger partial charge in [-0.2, -0.15) is 0 Å². The molecule has 2 atom stereocenters. The Morgan fingerprint density at radius 3 is 2.68 bits per heavy atom. The fourth-order valence-corrected chi connectivity index (χ4v) is 4.52. The third-order valence-electron chi connectivity index (χ3n) is 5.04. The standard InChI is InChI=1S/C21H26F2N2O4S2/c1-12(2)20(21(28)31-11-18(27)29-3)24-16(26)9-14-7-8-17(30)25(14)10-13-5-4-6-15(22)19(13)23/h4-6,12,14,20H,7-11H2,1-3H3,(H,24,26)/t14-,20-/m0/s1. The van der Waals surface area contributed by atoms with E-state index < -0.39 is 23.6 Å². The SMILES string of the molecule is COC(=O)CSC(=O)[C@@H](NC(=O)C[C@@H]1CCC(=S)N1Cc1cccc(F)c1F)C(C)C. The lowest BCUT2D eigenvalue weighted by atomic mass is 10.0. The molecule has 0 saturated carbocycles. The van der Waals surface area contributed by atoms with E-state index in [9.17, 15) is 23.2 Å². The highest BCUT2D eigenvalue weighted by Gasteiger charge is 2.32. The third-order valence-corrected chi connectivity index (χ3v) is 6.40. The number of esters is 1. The van der Waals surface area contributed by atoms with Crippen LogP contribution in [0.15, 0.2) is 18.2 Å². The van der Waals surface area contributed by atoms with E-state index in [1.54, 1.807) is 18.7 Å². The minimum Gasteiger partial charge on any atom is -0.468 e. The highest BCUT2D eigenvalue weighted by molar-refractivity contribution is 8.14. The van der Waals surface area contributed by atoms with Gasteiger partial charge in [-0.3, -0.25) is 14.4 Å². The molecular weight excluding hydrogens is 446 g/mol. The molecule has 0 aliphatic carbocycles. The molecule has 0 aromatic heterocycles. The molecule has 1 fully saturated rings. The van der Waals surface area contributed by atoms with Crippen LogP contribution >= 0.6 is 24.0 Å². The summed E-state index contributed by atoms with van der Waals surface area (Å²) in [6, 6.07) is 2.93. The molecular formula is C21H26F2N2O4S2. The molecule has 1 saturated heterocycles. The largest absolute Gasteiger partial charge is 0.468 e. The average molecular weight is 473 g/mol. The van der Waals surface area contributed by atoms with Crippen LogP contribution < -0.4 is 5.32 Å². The molecule has 31 heavy (non-hydrogen) atoms. The van der Waals surface area contributed by atoms with Gasteiger partial charge in [0, 0.05) is 24.6 Å². The zero-order valence-corrected chi connectivity index (χ0v) is 19.3. The normalized spacial score (nSPS) is 17.0. The van der Waals surface area contributed by atoms with Crippen molar-refractivity contribution in [3.05, 3.63) is 35.4 Å². The van der Waals surface area contributed by atoms with Crippen molar-refractivity contribution in [3.8, 4) is 0 Å². The molecule has 1 amide bonds. The summed E-state index contributed by atoms with van der Waals surface area (Å²) in [6.45, 7) is 3.67. The minimum absolute atomic E-state index is 0.0647. The van der Waals surface area contributed by atoms with Gasteiger partial charge in [-0.25, -0.2) is 8.78 Å². The van der Waals surface area contributed by atoms with Gasteiger partial charge in [-0.15, -0.1) is 0 Å². The Labute approximate surface area is 190 Å². The topological polar surface area (TPSA) is 75.7 Å². The predicted octanol–water partition coefficient (Wildman–Crippen LogP) is 3.22. The second kappa shape index (κ2) is 11.5. The fraction of sp³-hybridized carbons (Fsp3) is 0.524. The number of halogens is 2. The van der Waals surface area contributed by atoms with Crippen molar-refractivity contribution in [1.82, 2.24) is 10.2 Å². The van der Waals surface area contributed by atoms with E-state index in [1.807, 2.05) is 0 Å².